The molecule has 0 unspecified atom stereocenters. The maximum Gasteiger partial charge on any atom is 0.320 e. The Hall–Kier alpha value is -2.04. The van der Waals surface area contributed by atoms with Crippen molar-refractivity contribution >= 4 is 11.9 Å². The monoisotopic (exact) mass is 357 g/mol. The Morgan fingerprint density at radius 1 is 1.00 bits per heavy atom. The van der Waals surface area contributed by atoms with E-state index in [1.165, 1.54) is 37.7 Å². The van der Waals surface area contributed by atoms with Crippen molar-refractivity contribution in [3.63, 3.8) is 0 Å². The minimum Gasteiger partial charge on any atom is -0.352 e. The third-order valence-electron chi connectivity index (χ3n) is 5.48. The average Bonchev–Trinajstić information content (AvgIpc) is 2.92. The summed E-state index contributed by atoms with van der Waals surface area (Å²) in [5.41, 5.74) is 2.35. The number of hydrogen-bond donors (Lipinski definition) is 1. The van der Waals surface area contributed by atoms with Crippen molar-refractivity contribution in [2.75, 3.05) is 19.6 Å². The first-order chi connectivity index (χ1) is 12.6. The third-order valence-corrected chi connectivity index (χ3v) is 5.48. The zero-order valence-corrected chi connectivity index (χ0v) is 15.9. The third kappa shape index (κ3) is 5.23. The van der Waals surface area contributed by atoms with Gasteiger partial charge in [0, 0.05) is 25.7 Å². The van der Waals surface area contributed by atoms with E-state index >= 15 is 0 Å². The lowest BCUT2D eigenvalue weighted by molar-refractivity contribution is -0.122. The van der Waals surface area contributed by atoms with Crippen LogP contribution in [0.1, 0.15) is 56.1 Å². The zero-order chi connectivity index (χ0) is 18.4. The lowest BCUT2D eigenvalue weighted by Gasteiger charge is -2.23. The van der Waals surface area contributed by atoms with E-state index in [2.05, 4.69) is 36.5 Å². The molecule has 0 atom stereocenters. The molecule has 5 nitrogen and oxygen atoms in total. The van der Waals surface area contributed by atoms with E-state index in [1.54, 1.807) is 4.90 Å². The summed E-state index contributed by atoms with van der Waals surface area (Å²) in [6.07, 6.45) is 8.38. The van der Waals surface area contributed by atoms with Crippen LogP contribution in [0.15, 0.2) is 24.3 Å². The van der Waals surface area contributed by atoms with Crippen molar-refractivity contribution in [1.82, 2.24) is 15.1 Å². The maximum atomic E-state index is 12.6. The summed E-state index contributed by atoms with van der Waals surface area (Å²) in [6, 6.07) is 8.51. The van der Waals surface area contributed by atoms with Crippen LogP contribution in [0.3, 0.4) is 0 Å². The van der Waals surface area contributed by atoms with Gasteiger partial charge in [-0.15, -0.1) is 0 Å². The lowest BCUT2D eigenvalue weighted by atomic mass is 9.97. The summed E-state index contributed by atoms with van der Waals surface area (Å²) in [5.74, 6) is -0.0129. The number of rotatable bonds is 5. The minimum absolute atomic E-state index is 0.0129. The van der Waals surface area contributed by atoms with Gasteiger partial charge in [-0.25, -0.2) is 4.79 Å². The molecule has 1 saturated carbocycles. The summed E-state index contributed by atoms with van der Waals surface area (Å²) in [6.45, 7) is 4.16. The number of carbonyl (C=O) groups is 2. The molecule has 1 aliphatic carbocycles. The summed E-state index contributed by atoms with van der Waals surface area (Å²) < 4.78 is 0. The number of amides is 3. The highest BCUT2D eigenvalue weighted by Crippen LogP contribution is 2.18. The van der Waals surface area contributed by atoms with Crippen LogP contribution >= 0.6 is 0 Å². The SMILES string of the molecule is Cc1ccc(CN2CCN(CC(=O)NC3CCCCCCC3)C2=O)cc1. The highest BCUT2D eigenvalue weighted by molar-refractivity contribution is 5.85. The van der Waals surface area contributed by atoms with Gasteiger partial charge in [0.05, 0.1) is 0 Å². The van der Waals surface area contributed by atoms with E-state index in [1.807, 2.05) is 4.90 Å². The molecule has 1 aromatic rings. The van der Waals surface area contributed by atoms with Gasteiger partial charge in [-0.2, -0.15) is 0 Å². The van der Waals surface area contributed by atoms with Crippen LogP contribution in [0.4, 0.5) is 4.79 Å². The second-order valence-electron chi connectivity index (χ2n) is 7.72. The number of urea groups is 1. The van der Waals surface area contributed by atoms with E-state index in [0.717, 1.165) is 18.4 Å². The van der Waals surface area contributed by atoms with Crippen LogP contribution in [-0.2, 0) is 11.3 Å². The molecule has 142 valence electrons. The van der Waals surface area contributed by atoms with Gasteiger partial charge in [-0.3, -0.25) is 4.79 Å². The fourth-order valence-corrected chi connectivity index (χ4v) is 3.89. The van der Waals surface area contributed by atoms with Crippen LogP contribution < -0.4 is 5.32 Å². The first-order valence-electron chi connectivity index (χ1n) is 10.0. The summed E-state index contributed by atoms with van der Waals surface area (Å²) in [7, 11) is 0. The molecule has 1 aliphatic heterocycles. The summed E-state index contributed by atoms with van der Waals surface area (Å²) in [4.78, 5) is 28.5. The van der Waals surface area contributed by atoms with Crippen molar-refractivity contribution in [2.24, 2.45) is 0 Å². The Balaban J connectivity index is 1.46. The van der Waals surface area contributed by atoms with Crippen molar-refractivity contribution in [3.05, 3.63) is 35.4 Å². The van der Waals surface area contributed by atoms with Gasteiger partial charge in [0.2, 0.25) is 5.91 Å². The summed E-state index contributed by atoms with van der Waals surface area (Å²) in [5, 5.41) is 3.15. The Kier molecular flexibility index (Phi) is 6.53. The molecule has 5 heteroatoms. The Morgan fingerprint density at radius 3 is 2.31 bits per heavy atom. The predicted octanol–water partition coefficient (Wildman–Crippen LogP) is 3.46. The Bertz CT molecular complexity index is 606. The van der Waals surface area contributed by atoms with Gasteiger partial charge >= 0.3 is 6.03 Å². The molecule has 0 bridgehead atoms. The molecule has 0 spiro atoms. The molecule has 3 amide bonds. The molecule has 0 radical (unpaired) electrons. The molecular formula is C21H31N3O2. The number of carbonyl (C=O) groups excluding carboxylic acids is 2. The second kappa shape index (κ2) is 9.06. The van der Waals surface area contributed by atoms with E-state index in [9.17, 15) is 9.59 Å². The molecule has 1 aromatic carbocycles. The zero-order valence-electron chi connectivity index (χ0n) is 15.9. The highest BCUT2D eigenvalue weighted by Gasteiger charge is 2.30. The molecule has 0 aromatic heterocycles. The minimum atomic E-state index is -0.0293. The first-order valence-corrected chi connectivity index (χ1v) is 10.0. The van der Waals surface area contributed by atoms with Crippen molar-refractivity contribution in [1.29, 1.82) is 0 Å². The molecule has 1 saturated heterocycles. The highest BCUT2D eigenvalue weighted by atomic mass is 16.2. The van der Waals surface area contributed by atoms with Crippen LogP contribution in [0.25, 0.3) is 0 Å². The van der Waals surface area contributed by atoms with Crippen molar-refractivity contribution in [2.45, 2.75) is 64.5 Å². The van der Waals surface area contributed by atoms with E-state index in [4.69, 9.17) is 0 Å². The fraction of sp³-hybridized carbons (Fsp3) is 0.619. The van der Waals surface area contributed by atoms with Crippen LogP contribution in [0.5, 0.6) is 0 Å². The number of nitrogens with one attached hydrogen (secondary N) is 1. The number of hydrogen-bond acceptors (Lipinski definition) is 2. The Morgan fingerprint density at radius 2 is 1.62 bits per heavy atom. The largest absolute Gasteiger partial charge is 0.352 e. The van der Waals surface area contributed by atoms with Crippen LogP contribution in [-0.4, -0.2) is 47.4 Å². The number of aryl methyl sites for hydroxylation is 1. The van der Waals surface area contributed by atoms with Gasteiger partial charge in [0.15, 0.2) is 0 Å². The van der Waals surface area contributed by atoms with Crippen LogP contribution in [0.2, 0.25) is 0 Å². The number of nitrogens with zero attached hydrogens (tertiary/aromatic N) is 2. The van der Waals surface area contributed by atoms with Gasteiger partial charge in [0.1, 0.15) is 6.54 Å². The van der Waals surface area contributed by atoms with Gasteiger partial charge < -0.3 is 15.1 Å². The fourth-order valence-electron chi connectivity index (χ4n) is 3.89. The van der Waals surface area contributed by atoms with Crippen molar-refractivity contribution < 1.29 is 9.59 Å². The van der Waals surface area contributed by atoms with E-state index < -0.39 is 0 Å². The van der Waals surface area contributed by atoms with E-state index in [-0.39, 0.29) is 24.5 Å². The van der Waals surface area contributed by atoms with Crippen molar-refractivity contribution in [3.8, 4) is 0 Å². The topological polar surface area (TPSA) is 52.6 Å². The van der Waals surface area contributed by atoms with Gasteiger partial charge in [-0.1, -0.05) is 61.9 Å². The molecule has 2 aliphatic rings. The first kappa shape index (κ1) is 18.7. The predicted molar refractivity (Wildman–Crippen MR) is 103 cm³/mol. The molecule has 2 fully saturated rings. The number of benzene rings is 1. The van der Waals surface area contributed by atoms with E-state index in [0.29, 0.717) is 19.6 Å². The quantitative estimate of drug-likeness (QED) is 0.877. The molecule has 3 rings (SSSR count). The molecular weight excluding hydrogens is 326 g/mol. The van der Waals surface area contributed by atoms with Crippen LogP contribution in [0, 0.1) is 6.92 Å². The normalized spacial score (nSPS) is 19.3. The smallest absolute Gasteiger partial charge is 0.320 e. The standard InChI is InChI=1S/C21H31N3O2/c1-17-9-11-18(12-10-17)15-23-13-14-24(21(23)26)16-20(25)22-19-7-5-3-2-4-6-8-19/h9-12,19H,2-8,13-16H2,1H3,(H,22,25). The summed E-state index contributed by atoms with van der Waals surface area (Å²) >= 11 is 0. The molecule has 1 heterocycles. The maximum absolute atomic E-state index is 12.6. The van der Waals surface area contributed by atoms with Gasteiger partial charge in [-0.05, 0) is 25.3 Å². The molecule has 26 heavy (non-hydrogen) atoms. The molecule has 1 N–H and O–H groups in total. The second-order valence-corrected chi connectivity index (χ2v) is 7.72. The average molecular weight is 357 g/mol. The lowest BCUT2D eigenvalue weighted by Crippen LogP contribution is -2.43. The Labute approximate surface area is 156 Å². The van der Waals surface area contributed by atoms with Gasteiger partial charge in [0.25, 0.3) is 0 Å².